The Morgan fingerprint density at radius 1 is 1.62 bits per heavy atom. The molecule has 1 rings (SSSR count). The standard InChI is InChI=1S/C11H13BrClNO.ClH/c1-6(2)5-9(14)7-3-4-8(13)10(12)11(7)15;/h3-4,9,15H,1,5,14H2,2H3;1H/t9-;/m1./s1. The summed E-state index contributed by atoms with van der Waals surface area (Å²) in [5, 5.41) is 10.3. The predicted molar refractivity (Wildman–Crippen MR) is 74.4 cm³/mol. The Morgan fingerprint density at radius 2 is 2.19 bits per heavy atom. The van der Waals surface area contributed by atoms with Crippen LogP contribution < -0.4 is 5.73 Å². The highest BCUT2D eigenvalue weighted by molar-refractivity contribution is 9.10. The monoisotopic (exact) mass is 325 g/mol. The highest BCUT2D eigenvalue weighted by Crippen LogP contribution is 2.37. The van der Waals surface area contributed by atoms with Gasteiger partial charge in [-0.1, -0.05) is 23.2 Å². The van der Waals surface area contributed by atoms with Crippen LogP contribution in [0.15, 0.2) is 28.8 Å². The Bertz CT molecular complexity index is 396. The smallest absolute Gasteiger partial charge is 0.136 e. The van der Waals surface area contributed by atoms with E-state index in [0.29, 0.717) is 21.5 Å². The molecule has 0 saturated carbocycles. The molecule has 1 atom stereocenters. The number of aromatic hydroxyl groups is 1. The fraction of sp³-hybridized carbons (Fsp3) is 0.273. The van der Waals surface area contributed by atoms with Crippen LogP contribution in [0.5, 0.6) is 5.75 Å². The first kappa shape index (κ1) is 15.8. The molecular formula is C11H14BrCl2NO. The molecule has 0 aromatic heterocycles. The molecule has 0 unspecified atom stereocenters. The molecule has 16 heavy (non-hydrogen) atoms. The lowest BCUT2D eigenvalue weighted by molar-refractivity contribution is 0.458. The van der Waals surface area contributed by atoms with E-state index in [9.17, 15) is 5.11 Å². The Hall–Kier alpha value is -0.220. The van der Waals surface area contributed by atoms with Crippen molar-refractivity contribution in [3.05, 3.63) is 39.3 Å². The Kier molecular flexibility index (Phi) is 6.41. The van der Waals surface area contributed by atoms with Crippen LogP contribution in [-0.2, 0) is 0 Å². The molecule has 0 aliphatic rings. The molecule has 0 heterocycles. The van der Waals surface area contributed by atoms with Gasteiger partial charge in [0.05, 0.1) is 9.50 Å². The largest absolute Gasteiger partial charge is 0.506 e. The van der Waals surface area contributed by atoms with E-state index in [0.717, 1.165) is 5.57 Å². The van der Waals surface area contributed by atoms with Gasteiger partial charge < -0.3 is 10.8 Å². The summed E-state index contributed by atoms with van der Waals surface area (Å²) in [6.45, 7) is 5.70. The van der Waals surface area contributed by atoms with Crippen molar-refractivity contribution in [3.63, 3.8) is 0 Å². The van der Waals surface area contributed by atoms with Gasteiger partial charge >= 0.3 is 0 Å². The van der Waals surface area contributed by atoms with Gasteiger partial charge in [-0.25, -0.2) is 0 Å². The van der Waals surface area contributed by atoms with Crippen molar-refractivity contribution >= 4 is 39.9 Å². The molecule has 0 aliphatic heterocycles. The normalized spacial score (nSPS) is 11.8. The molecule has 1 aromatic carbocycles. The molecule has 5 heteroatoms. The SMILES string of the molecule is C=C(C)C[C@@H](N)c1ccc(Cl)c(Br)c1O.Cl. The summed E-state index contributed by atoms with van der Waals surface area (Å²) in [4.78, 5) is 0. The maximum atomic E-state index is 9.82. The van der Waals surface area contributed by atoms with E-state index < -0.39 is 0 Å². The highest BCUT2D eigenvalue weighted by atomic mass is 79.9. The highest BCUT2D eigenvalue weighted by Gasteiger charge is 2.15. The van der Waals surface area contributed by atoms with Gasteiger partial charge in [0.1, 0.15) is 5.75 Å². The number of hydrogen-bond acceptors (Lipinski definition) is 2. The molecule has 0 bridgehead atoms. The predicted octanol–water partition coefficient (Wildman–Crippen LogP) is 4.20. The van der Waals surface area contributed by atoms with Gasteiger partial charge in [0, 0.05) is 11.6 Å². The number of halogens is 3. The van der Waals surface area contributed by atoms with Gasteiger partial charge in [-0.2, -0.15) is 0 Å². The summed E-state index contributed by atoms with van der Waals surface area (Å²) in [7, 11) is 0. The van der Waals surface area contributed by atoms with E-state index in [4.69, 9.17) is 17.3 Å². The quantitative estimate of drug-likeness (QED) is 0.818. The molecule has 0 amide bonds. The fourth-order valence-electron chi connectivity index (χ4n) is 1.34. The molecule has 0 fully saturated rings. The molecule has 0 saturated heterocycles. The lowest BCUT2D eigenvalue weighted by Crippen LogP contribution is -2.10. The maximum Gasteiger partial charge on any atom is 0.136 e. The van der Waals surface area contributed by atoms with Gasteiger partial charge in [0.15, 0.2) is 0 Å². The average molecular weight is 327 g/mol. The summed E-state index contributed by atoms with van der Waals surface area (Å²) >= 11 is 9.04. The zero-order valence-corrected chi connectivity index (χ0v) is 12.0. The molecular weight excluding hydrogens is 313 g/mol. The average Bonchev–Trinajstić information content (AvgIpc) is 2.13. The van der Waals surface area contributed by atoms with Crippen LogP contribution in [0, 0.1) is 0 Å². The second-order valence-electron chi connectivity index (χ2n) is 3.57. The van der Waals surface area contributed by atoms with Crippen LogP contribution in [0.25, 0.3) is 0 Å². The van der Waals surface area contributed by atoms with Gasteiger partial charge in [-0.05, 0) is 35.3 Å². The third-order valence-electron chi connectivity index (χ3n) is 2.07. The van der Waals surface area contributed by atoms with Gasteiger partial charge in [0.2, 0.25) is 0 Å². The van der Waals surface area contributed by atoms with Crippen LogP contribution >= 0.6 is 39.9 Å². The van der Waals surface area contributed by atoms with Crippen molar-refractivity contribution in [2.24, 2.45) is 5.73 Å². The fourth-order valence-corrected chi connectivity index (χ4v) is 1.85. The molecule has 90 valence electrons. The topological polar surface area (TPSA) is 46.2 Å². The van der Waals surface area contributed by atoms with E-state index in [1.165, 1.54) is 0 Å². The van der Waals surface area contributed by atoms with Gasteiger partial charge in [-0.3, -0.25) is 0 Å². The zero-order valence-electron chi connectivity index (χ0n) is 8.84. The van der Waals surface area contributed by atoms with E-state index in [1.807, 2.05) is 6.92 Å². The molecule has 1 aromatic rings. The molecule has 0 radical (unpaired) electrons. The Labute approximate surface area is 115 Å². The Morgan fingerprint density at radius 3 is 2.69 bits per heavy atom. The van der Waals surface area contributed by atoms with Crippen LogP contribution in [-0.4, -0.2) is 5.11 Å². The van der Waals surface area contributed by atoms with Crippen molar-refractivity contribution in [2.45, 2.75) is 19.4 Å². The number of nitrogens with two attached hydrogens (primary N) is 1. The van der Waals surface area contributed by atoms with Crippen LogP contribution in [0.1, 0.15) is 24.9 Å². The summed E-state index contributed by atoms with van der Waals surface area (Å²) < 4.78 is 0.485. The summed E-state index contributed by atoms with van der Waals surface area (Å²) in [5.74, 6) is 0.108. The summed E-state index contributed by atoms with van der Waals surface area (Å²) in [6.07, 6.45) is 0.641. The minimum absolute atomic E-state index is 0. The first-order chi connectivity index (χ1) is 6.93. The van der Waals surface area contributed by atoms with E-state index >= 15 is 0 Å². The number of hydrogen-bond donors (Lipinski definition) is 2. The maximum absolute atomic E-state index is 9.82. The third-order valence-corrected chi connectivity index (χ3v) is 3.41. The van der Waals surface area contributed by atoms with Crippen LogP contribution in [0.2, 0.25) is 5.02 Å². The second-order valence-corrected chi connectivity index (χ2v) is 4.77. The number of rotatable bonds is 3. The minimum atomic E-state index is -0.254. The van der Waals surface area contributed by atoms with Crippen molar-refractivity contribution < 1.29 is 5.11 Å². The number of benzene rings is 1. The van der Waals surface area contributed by atoms with Gasteiger partial charge in [-0.15, -0.1) is 19.0 Å². The molecule has 3 N–H and O–H groups in total. The molecule has 0 aliphatic carbocycles. The van der Waals surface area contributed by atoms with Crippen molar-refractivity contribution in [3.8, 4) is 5.75 Å². The third kappa shape index (κ3) is 3.67. The van der Waals surface area contributed by atoms with Crippen molar-refractivity contribution in [1.82, 2.24) is 0 Å². The van der Waals surface area contributed by atoms with Crippen molar-refractivity contribution in [1.29, 1.82) is 0 Å². The summed E-state index contributed by atoms with van der Waals surface area (Å²) in [5.41, 5.74) is 7.59. The lowest BCUT2D eigenvalue weighted by Gasteiger charge is -2.14. The summed E-state index contributed by atoms with van der Waals surface area (Å²) in [6, 6.07) is 3.19. The van der Waals surface area contributed by atoms with Crippen molar-refractivity contribution in [2.75, 3.05) is 0 Å². The number of phenolic OH excluding ortho intramolecular Hbond substituents is 1. The molecule has 2 nitrogen and oxygen atoms in total. The second kappa shape index (κ2) is 6.50. The minimum Gasteiger partial charge on any atom is -0.506 e. The van der Waals surface area contributed by atoms with Crippen LogP contribution in [0.4, 0.5) is 0 Å². The van der Waals surface area contributed by atoms with Gasteiger partial charge in [0.25, 0.3) is 0 Å². The zero-order chi connectivity index (χ0) is 11.6. The lowest BCUT2D eigenvalue weighted by atomic mass is 10.0. The Balaban J connectivity index is 0.00000225. The van der Waals surface area contributed by atoms with E-state index in [-0.39, 0.29) is 24.2 Å². The first-order valence-corrected chi connectivity index (χ1v) is 5.67. The van der Waals surface area contributed by atoms with E-state index in [2.05, 4.69) is 22.5 Å². The van der Waals surface area contributed by atoms with E-state index in [1.54, 1.807) is 12.1 Å². The van der Waals surface area contributed by atoms with Crippen LogP contribution in [0.3, 0.4) is 0 Å². The number of phenols is 1. The molecule has 0 spiro atoms. The first-order valence-electron chi connectivity index (χ1n) is 4.50.